The van der Waals surface area contributed by atoms with Gasteiger partial charge in [-0.3, -0.25) is 4.79 Å². The van der Waals surface area contributed by atoms with Gasteiger partial charge in [-0.25, -0.2) is 0 Å². The van der Waals surface area contributed by atoms with Crippen molar-refractivity contribution in [2.75, 3.05) is 12.4 Å². The van der Waals surface area contributed by atoms with Crippen LogP contribution in [0.5, 0.6) is 11.5 Å². The van der Waals surface area contributed by atoms with Crippen molar-refractivity contribution in [3.63, 3.8) is 0 Å². The van der Waals surface area contributed by atoms with Crippen molar-refractivity contribution < 1.29 is 23.0 Å². The number of methoxy groups -OCH3 is 1. The molecule has 0 unspecified atom stereocenters. The van der Waals surface area contributed by atoms with E-state index in [1.165, 1.54) is 31.4 Å². The van der Waals surface area contributed by atoms with Crippen LogP contribution in [0.2, 0.25) is 0 Å². The summed E-state index contributed by atoms with van der Waals surface area (Å²) in [6.07, 6.45) is 3.00. The van der Waals surface area contributed by atoms with Crippen molar-refractivity contribution in [2.24, 2.45) is 0 Å². The van der Waals surface area contributed by atoms with Gasteiger partial charge in [0.15, 0.2) is 11.5 Å². The first-order valence-corrected chi connectivity index (χ1v) is 6.75. The molecular formula is C17H15F2NO3. The van der Waals surface area contributed by atoms with Gasteiger partial charge < -0.3 is 14.8 Å². The molecule has 0 saturated carbocycles. The lowest BCUT2D eigenvalue weighted by molar-refractivity contribution is -0.111. The standard InChI is InChI=1S/C17H15F2NO3/c1-22-14-9-8-13(11-15(14)23-17(18)19)20-16(21)10-7-12-5-3-2-4-6-12/h2-11,17H,1H3,(H,20,21)/b10-7+. The molecule has 0 atom stereocenters. The summed E-state index contributed by atoms with van der Waals surface area (Å²) in [6.45, 7) is -2.98. The number of halogens is 2. The molecule has 2 rings (SSSR count). The third-order valence-electron chi connectivity index (χ3n) is 2.87. The Kier molecular flexibility index (Phi) is 5.68. The number of nitrogens with one attached hydrogen (secondary N) is 1. The first-order valence-electron chi connectivity index (χ1n) is 6.75. The molecular weight excluding hydrogens is 304 g/mol. The lowest BCUT2D eigenvalue weighted by Gasteiger charge is -2.11. The highest BCUT2D eigenvalue weighted by Crippen LogP contribution is 2.31. The minimum atomic E-state index is -2.98. The van der Waals surface area contributed by atoms with E-state index in [4.69, 9.17) is 4.74 Å². The maximum atomic E-state index is 12.4. The number of hydrogen-bond acceptors (Lipinski definition) is 3. The van der Waals surface area contributed by atoms with Crippen LogP contribution in [-0.4, -0.2) is 19.6 Å². The molecule has 0 heterocycles. The van der Waals surface area contributed by atoms with E-state index in [2.05, 4.69) is 10.1 Å². The molecule has 0 aliphatic carbocycles. The van der Waals surface area contributed by atoms with E-state index >= 15 is 0 Å². The van der Waals surface area contributed by atoms with Crippen LogP contribution in [0.25, 0.3) is 6.08 Å². The zero-order chi connectivity index (χ0) is 16.7. The smallest absolute Gasteiger partial charge is 0.387 e. The van der Waals surface area contributed by atoms with Gasteiger partial charge >= 0.3 is 6.61 Å². The van der Waals surface area contributed by atoms with Gasteiger partial charge in [0.25, 0.3) is 0 Å². The van der Waals surface area contributed by atoms with Crippen molar-refractivity contribution >= 4 is 17.7 Å². The Bertz CT molecular complexity index is 687. The van der Waals surface area contributed by atoms with Gasteiger partial charge in [0, 0.05) is 17.8 Å². The zero-order valence-electron chi connectivity index (χ0n) is 12.3. The van der Waals surface area contributed by atoms with Crippen LogP contribution in [0.1, 0.15) is 5.56 Å². The number of carbonyl (C=O) groups excluding carboxylic acids is 1. The number of hydrogen-bond donors (Lipinski definition) is 1. The Balaban J connectivity index is 2.07. The lowest BCUT2D eigenvalue weighted by Crippen LogP contribution is -2.09. The fraction of sp³-hybridized carbons (Fsp3) is 0.118. The SMILES string of the molecule is COc1ccc(NC(=O)/C=C/c2ccccc2)cc1OC(F)F. The minimum absolute atomic E-state index is 0.146. The molecule has 0 saturated heterocycles. The highest BCUT2D eigenvalue weighted by molar-refractivity contribution is 6.02. The first kappa shape index (κ1) is 16.5. The summed E-state index contributed by atoms with van der Waals surface area (Å²) in [6, 6.07) is 13.5. The van der Waals surface area contributed by atoms with Crippen LogP contribution in [0, 0.1) is 0 Å². The van der Waals surface area contributed by atoms with Gasteiger partial charge in [-0.05, 0) is 23.8 Å². The van der Waals surface area contributed by atoms with E-state index in [1.54, 1.807) is 6.08 Å². The average Bonchev–Trinajstić information content (AvgIpc) is 2.54. The molecule has 0 bridgehead atoms. The zero-order valence-corrected chi connectivity index (χ0v) is 12.3. The van der Waals surface area contributed by atoms with Gasteiger partial charge in [-0.1, -0.05) is 30.3 Å². The molecule has 0 radical (unpaired) electrons. The maximum absolute atomic E-state index is 12.4. The van der Waals surface area contributed by atoms with Crippen LogP contribution >= 0.6 is 0 Å². The number of benzene rings is 2. The number of alkyl halides is 2. The number of rotatable bonds is 6. The lowest BCUT2D eigenvalue weighted by atomic mass is 10.2. The quantitative estimate of drug-likeness (QED) is 0.820. The fourth-order valence-electron chi connectivity index (χ4n) is 1.86. The molecule has 2 aromatic rings. The predicted octanol–water partition coefficient (Wildman–Crippen LogP) is 3.95. The molecule has 0 aromatic heterocycles. The fourth-order valence-corrected chi connectivity index (χ4v) is 1.86. The predicted molar refractivity (Wildman–Crippen MR) is 83.7 cm³/mol. The summed E-state index contributed by atoms with van der Waals surface area (Å²) in [5.74, 6) is -0.377. The molecule has 23 heavy (non-hydrogen) atoms. The highest BCUT2D eigenvalue weighted by Gasteiger charge is 2.11. The van der Waals surface area contributed by atoms with Crippen molar-refractivity contribution in [1.82, 2.24) is 0 Å². The Morgan fingerprint density at radius 3 is 2.52 bits per heavy atom. The molecule has 1 amide bonds. The van der Waals surface area contributed by atoms with Crippen molar-refractivity contribution in [3.05, 3.63) is 60.2 Å². The van der Waals surface area contributed by atoms with Crippen LogP contribution in [0.4, 0.5) is 14.5 Å². The molecule has 6 heteroatoms. The molecule has 0 aliphatic heterocycles. The molecule has 0 aliphatic rings. The van der Waals surface area contributed by atoms with Gasteiger partial charge in [0.05, 0.1) is 7.11 Å². The van der Waals surface area contributed by atoms with Gasteiger partial charge in [-0.15, -0.1) is 0 Å². The summed E-state index contributed by atoms with van der Waals surface area (Å²) in [5, 5.41) is 2.57. The van der Waals surface area contributed by atoms with E-state index in [9.17, 15) is 13.6 Å². The first-order chi connectivity index (χ1) is 11.1. The molecule has 0 spiro atoms. The highest BCUT2D eigenvalue weighted by atomic mass is 19.3. The summed E-state index contributed by atoms with van der Waals surface area (Å²) >= 11 is 0. The number of ether oxygens (including phenoxy) is 2. The topological polar surface area (TPSA) is 47.6 Å². The molecule has 120 valence electrons. The number of anilines is 1. The third-order valence-corrected chi connectivity index (χ3v) is 2.87. The van der Waals surface area contributed by atoms with Gasteiger partial charge in [0.2, 0.25) is 5.91 Å². The van der Waals surface area contributed by atoms with Crippen LogP contribution in [-0.2, 0) is 4.79 Å². The summed E-state index contributed by atoms with van der Waals surface area (Å²) < 4.78 is 34.0. The average molecular weight is 319 g/mol. The third kappa shape index (κ3) is 5.10. The van der Waals surface area contributed by atoms with E-state index in [1.807, 2.05) is 30.3 Å². The number of carbonyl (C=O) groups is 1. The second-order valence-corrected chi connectivity index (χ2v) is 4.48. The largest absolute Gasteiger partial charge is 0.493 e. The summed E-state index contributed by atoms with van der Waals surface area (Å²) in [4.78, 5) is 11.9. The summed E-state index contributed by atoms with van der Waals surface area (Å²) in [7, 11) is 1.34. The van der Waals surface area contributed by atoms with Gasteiger partial charge in [0.1, 0.15) is 0 Å². The van der Waals surface area contributed by atoms with Crippen LogP contribution in [0.15, 0.2) is 54.6 Å². The van der Waals surface area contributed by atoms with E-state index in [0.29, 0.717) is 5.69 Å². The summed E-state index contributed by atoms with van der Waals surface area (Å²) in [5.41, 5.74) is 1.20. The minimum Gasteiger partial charge on any atom is -0.493 e. The van der Waals surface area contributed by atoms with E-state index < -0.39 is 6.61 Å². The molecule has 4 nitrogen and oxygen atoms in total. The second-order valence-electron chi connectivity index (χ2n) is 4.48. The van der Waals surface area contributed by atoms with Crippen molar-refractivity contribution in [1.29, 1.82) is 0 Å². The Morgan fingerprint density at radius 1 is 1.13 bits per heavy atom. The normalized spacial score (nSPS) is 10.8. The van der Waals surface area contributed by atoms with E-state index in [0.717, 1.165) is 5.56 Å². The molecule has 0 fully saturated rings. The molecule has 2 aromatic carbocycles. The van der Waals surface area contributed by atoms with E-state index in [-0.39, 0.29) is 17.4 Å². The molecule has 1 N–H and O–H groups in total. The number of amides is 1. The van der Waals surface area contributed by atoms with Gasteiger partial charge in [-0.2, -0.15) is 8.78 Å². The van der Waals surface area contributed by atoms with Crippen LogP contribution < -0.4 is 14.8 Å². The van der Waals surface area contributed by atoms with Crippen molar-refractivity contribution in [2.45, 2.75) is 6.61 Å². The van der Waals surface area contributed by atoms with Crippen LogP contribution in [0.3, 0.4) is 0 Å². The maximum Gasteiger partial charge on any atom is 0.387 e. The monoisotopic (exact) mass is 319 g/mol. The second kappa shape index (κ2) is 7.93. The van der Waals surface area contributed by atoms with Crippen molar-refractivity contribution in [3.8, 4) is 11.5 Å². The Labute approximate surface area is 132 Å². The Hall–Kier alpha value is -2.89. The Morgan fingerprint density at radius 2 is 1.87 bits per heavy atom.